The van der Waals surface area contributed by atoms with Crippen molar-refractivity contribution >= 4 is 24.0 Å². The standard InChI is InChI=1S/C18H20N4.2C5H8O2.Mn/c1-2-10-18(22-14-16-8-4-6-12-20-16)17(9-1)21-13-15-7-3-5-11-19-15;2*1-4(6)3-5(2)7;/h3-8,11-14,17-18H,1-2,9-10H2;2*3,6H,1-2H3;/q;;;+2/p-2/b;2*4-3-;/t17-,18-;;;/m0.../s1. The maximum Gasteiger partial charge on any atom is 2.00 e. The number of aliphatic imine (C=N–C) groups is 2. The van der Waals surface area contributed by atoms with E-state index in [2.05, 4.69) is 9.97 Å². The molecule has 2 heterocycles. The molecule has 1 saturated carbocycles. The van der Waals surface area contributed by atoms with E-state index in [1.165, 1.54) is 40.5 Å². The topological polar surface area (TPSA) is 131 Å². The maximum absolute atomic E-state index is 9.98. The molecule has 0 bridgehead atoms. The van der Waals surface area contributed by atoms with Gasteiger partial charge in [-0.15, -0.1) is 11.5 Å². The van der Waals surface area contributed by atoms with Gasteiger partial charge in [0.1, 0.15) is 0 Å². The summed E-state index contributed by atoms with van der Waals surface area (Å²) in [6.45, 7) is 5.39. The van der Waals surface area contributed by atoms with Crippen LogP contribution in [0.25, 0.3) is 0 Å². The Labute approximate surface area is 229 Å². The minimum Gasteiger partial charge on any atom is -0.876 e. The van der Waals surface area contributed by atoms with Gasteiger partial charge < -0.3 is 10.2 Å². The van der Waals surface area contributed by atoms with E-state index in [4.69, 9.17) is 9.98 Å². The fourth-order valence-corrected chi connectivity index (χ4v) is 3.26. The van der Waals surface area contributed by atoms with Crippen molar-refractivity contribution in [2.75, 3.05) is 0 Å². The third kappa shape index (κ3) is 17.6. The third-order valence-electron chi connectivity index (χ3n) is 4.68. The van der Waals surface area contributed by atoms with Gasteiger partial charge in [0.05, 0.1) is 23.5 Å². The number of carbonyl (C=O) groups excluding carboxylic acids is 2. The summed E-state index contributed by atoms with van der Waals surface area (Å²) in [4.78, 5) is 38.0. The molecule has 2 aromatic rings. The minimum absolute atomic E-state index is 0. The average Bonchev–Trinajstić information content (AvgIpc) is 2.82. The maximum atomic E-state index is 9.98. The summed E-state index contributed by atoms with van der Waals surface area (Å²) in [5, 5.41) is 20.0. The molecule has 2 aromatic heterocycles. The summed E-state index contributed by atoms with van der Waals surface area (Å²) in [5.41, 5.74) is 1.81. The van der Waals surface area contributed by atoms with E-state index in [9.17, 15) is 19.8 Å². The fourth-order valence-electron chi connectivity index (χ4n) is 3.26. The second kappa shape index (κ2) is 19.7. The van der Waals surface area contributed by atoms with Crippen molar-refractivity contribution in [2.24, 2.45) is 9.98 Å². The van der Waals surface area contributed by atoms with E-state index < -0.39 is 0 Å². The normalized spacial score (nSPS) is 17.6. The molecule has 0 unspecified atom stereocenters. The zero-order valence-electron chi connectivity index (χ0n) is 21.7. The Morgan fingerprint density at radius 3 is 1.38 bits per heavy atom. The van der Waals surface area contributed by atoms with Crippen molar-refractivity contribution in [3.63, 3.8) is 0 Å². The van der Waals surface area contributed by atoms with Crippen LogP contribution in [0, 0.1) is 0 Å². The SMILES string of the molecule is C(=N[C@H]1CCCC[C@@H]1N=Cc1ccccn1)c1ccccn1.CC(=O)/C=C(/C)[O-].CC(=O)/C=C(/C)[O-].[Mn+2]. The summed E-state index contributed by atoms with van der Waals surface area (Å²) in [6, 6.07) is 12.2. The molecule has 1 aliphatic rings. The van der Waals surface area contributed by atoms with Gasteiger partial charge >= 0.3 is 17.1 Å². The van der Waals surface area contributed by atoms with Crippen LogP contribution in [0.1, 0.15) is 64.8 Å². The quantitative estimate of drug-likeness (QED) is 0.237. The van der Waals surface area contributed by atoms with Gasteiger partial charge in [0.15, 0.2) is 11.6 Å². The van der Waals surface area contributed by atoms with E-state index in [0.29, 0.717) is 0 Å². The molecule has 1 radical (unpaired) electrons. The summed E-state index contributed by atoms with van der Waals surface area (Å²) in [5.74, 6) is -0.750. The van der Waals surface area contributed by atoms with Gasteiger partial charge in [-0.1, -0.05) is 38.8 Å². The largest absolute Gasteiger partial charge is 2.00 e. The number of hydrogen-bond acceptors (Lipinski definition) is 8. The second-order valence-corrected chi connectivity index (χ2v) is 8.22. The monoisotopic (exact) mass is 545 g/mol. The van der Waals surface area contributed by atoms with Gasteiger partial charge in [-0.2, -0.15) is 0 Å². The fraction of sp³-hybridized carbons (Fsp3) is 0.357. The van der Waals surface area contributed by atoms with E-state index in [1.807, 2.05) is 48.8 Å². The minimum atomic E-state index is -0.187. The summed E-state index contributed by atoms with van der Waals surface area (Å²) in [7, 11) is 0. The number of allylic oxidation sites excluding steroid dienone is 4. The van der Waals surface area contributed by atoms with E-state index in [0.717, 1.165) is 36.4 Å². The molecule has 0 N–H and O–H groups in total. The Hall–Kier alpha value is -3.42. The molecule has 0 aliphatic heterocycles. The number of pyridine rings is 2. The summed E-state index contributed by atoms with van der Waals surface area (Å²) in [6.07, 6.45) is 14.1. The van der Waals surface area contributed by atoms with Crippen LogP contribution < -0.4 is 10.2 Å². The van der Waals surface area contributed by atoms with Gasteiger partial charge in [-0.3, -0.25) is 29.5 Å². The average molecular weight is 546 g/mol. The molecule has 9 heteroatoms. The van der Waals surface area contributed by atoms with Gasteiger partial charge in [-0.05, 0) is 63.1 Å². The molecule has 0 aromatic carbocycles. The van der Waals surface area contributed by atoms with Crippen LogP contribution in [-0.4, -0.2) is 46.0 Å². The van der Waals surface area contributed by atoms with Crippen LogP contribution in [-0.2, 0) is 26.7 Å². The van der Waals surface area contributed by atoms with Crippen molar-refractivity contribution in [3.8, 4) is 0 Å². The van der Waals surface area contributed by atoms with Crippen LogP contribution in [0.4, 0.5) is 0 Å². The first-order valence-corrected chi connectivity index (χ1v) is 11.8. The van der Waals surface area contributed by atoms with Gasteiger partial charge in [-0.25, -0.2) is 0 Å². The molecule has 0 saturated heterocycles. The van der Waals surface area contributed by atoms with E-state index in [1.54, 1.807) is 12.4 Å². The molecule has 3 rings (SSSR count). The molecule has 37 heavy (non-hydrogen) atoms. The number of carbonyl (C=O) groups is 2. The zero-order chi connectivity index (χ0) is 26.8. The van der Waals surface area contributed by atoms with Crippen LogP contribution in [0.5, 0.6) is 0 Å². The Bertz CT molecular complexity index is 961. The van der Waals surface area contributed by atoms with E-state index >= 15 is 0 Å². The molecular weight excluding hydrogens is 511 g/mol. The number of hydrogen-bond donors (Lipinski definition) is 0. The van der Waals surface area contributed by atoms with Crippen LogP contribution in [0.2, 0.25) is 0 Å². The molecule has 1 fully saturated rings. The van der Waals surface area contributed by atoms with Crippen LogP contribution >= 0.6 is 0 Å². The number of aromatic nitrogens is 2. The van der Waals surface area contributed by atoms with Gasteiger partial charge in [0.25, 0.3) is 0 Å². The number of nitrogens with zero attached hydrogens (tertiary/aromatic N) is 4. The first-order valence-electron chi connectivity index (χ1n) is 11.8. The van der Waals surface area contributed by atoms with Crippen molar-refractivity contribution in [3.05, 3.63) is 83.9 Å². The molecule has 197 valence electrons. The van der Waals surface area contributed by atoms with Gasteiger partial charge in [0.2, 0.25) is 0 Å². The number of ketones is 2. The number of rotatable bonds is 6. The first kappa shape index (κ1) is 33.6. The smallest absolute Gasteiger partial charge is 0.876 e. The predicted octanol–water partition coefficient (Wildman–Crippen LogP) is 3.00. The summed E-state index contributed by atoms with van der Waals surface area (Å²) < 4.78 is 0. The molecule has 2 atom stereocenters. The van der Waals surface area contributed by atoms with Crippen molar-refractivity contribution in [1.82, 2.24) is 9.97 Å². The van der Waals surface area contributed by atoms with Crippen molar-refractivity contribution < 1.29 is 36.9 Å². The van der Waals surface area contributed by atoms with E-state index in [-0.39, 0.29) is 52.2 Å². The molecule has 8 nitrogen and oxygen atoms in total. The van der Waals surface area contributed by atoms with Crippen LogP contribution in [0.3, 0.4) is 0 Å². The zero-order valence-corrected chi connectivity index (χ0v) is 22.9. The predicted molar refractivity (Wildman–Crippen MR) is 139 cm³/mol. The first-order chi connectivity index (χ1) is 17.2. The molecular formula is C28H34MnN4O4. The van der Waals surface area contributed by atoms with Crippen molar-refractivity contribution in [2.45, 2.75) is 65.5 Å². The summed E-state index contributed by atoms with van der Waals surface area (Å²) >= 11 is 0. The second-order valence-electron chi connectivity index (χ2n) is 8.22. The Kier molecular flexibility index (Phi) is 17.9. The Morgan fingerprint density at radius 1 is 0.757 bits per heavy atom. The Balaban J connectivity index is 0.000000720. The third-order valence-corrected chi connectivity index (χ3v) is 4.68. The Morgan fingerprint density at radius 2 is 1.14 bits per heavy atom. The van der Waals surface area contributed by atoms with Crippen molar-refractivity contribution in [1.29, 1.82) is 0 Å². The molecule has 1 aliphatic carbocycles. The molecule has 0 amide bonds. The van der Waals surface area contributed by atoms with Crippen LogP contribution in [0.15, 0.2) is 82.4 Å². The van der Waals surface area contributed by atoms with Gasteiger partial charge in [0, 0.05) is 24.8 Å². The molecule has 0 spiro atoms.